The Kier molecular flexibility index (Phi) is 5.60. The number of nitrogens with zero attached hydrogens (tertiary/aromatic N) is 3. The fourth-order valence-electron chi connectivity index (χ4n) is 3.09. The van der Waals surface area contributed by atoms with Crippen LogP contribution in [-0.2, 0) is 12.0 Å². The van der Waals surface area contributed by atoms with Gasteiger partial charge in [0, 0.05) is 37.7 Å². The van der Waals surface area contributed by atoms with Crippen LogP contribution in [0.2, 0.25) is 0 Å². The molecule has 1 aromatic carbocycles. The predicted molar refractivity (Wildman–Crippen MR) is 97.4 cm³/mol. The average Bonchev–Trinajstić information content (AvgIpc) is 2.94. The van der Waals surface area contributed by atoms with Crippen LogP contribution in [0.5, 0.6) is 0 Å². The van der Waals surface area contributed by atoms with E-state index in [4.69, 9.17) is 4.42 Å². The van der Waals surface area contributed by atoms with Crippen molar-refractivity contribution in [3.05, 3.63) is 53.2 Å². The van der Waals surface area contributed by atoms with Gasteiger partial charge in [0.1, 0.15) is 17.4 Å². The van der Waals surface area contributed by atoms with E-state index in [1.54, 1.807) is 11.1 Å². The predicted octanol–water partition coefficient (Wildman–Crippen LogP) is 3.60. The van der Waals surface area contributed by atoms with E-state index in [9.17, 15) is 13.6 Å². The number of amides is 1. The highest BCUT2D eigenvalue weighted by Gasteiger charge is 2.24. The van der Waals surface area contributed by atoms with E-state index in [1.807, 2.05) is 0 Å². The maximum absolute atomic E-state index is 13.9. The molecule has 0 radical (unpaired) electrons. The first-order valence-corrected chi connectivity index (χ1v) is 9.16. The second kappa shape index (κ2) is 7.76. The van der Waals surface area contributed by atoms with Crippen molar-refractivity contribution in [1.82, 2.24) is 14.8 Å². The van der Waals surface area contributed by atoms with E-state index in [1.165, 1.54) is 6.07 Å². The lowest BCUT2D eigenvalue weighted by Gasteiger charge is -2.21. The summed E-state index contributed by atoms with van der Waals surface area (Å²) in [5, 5.41) is 0. The molecule has 1 amide bonds. The maximum Gasteiger partial charge on any atom is 0.256 e. The third-order valence-electron chi connectivity index (χ3n) is 4.69. The molecule has 0 saturated carbocycles. The summed E-state index contributed by atoms with van der Waals surface area (Å²) < 4.78 is 32.8. The lowest BCUT2D eigenvalue weighted by Crippen LogP contribution is -2.35. The molecule has 0 N–H and O–H groups in total. The van der Waals surface area contributed by atoms with Gasteiger partial charge in [0.15, 0.2) is 0 Å². The molecule has 1 aromatic heterocycles. The summed E-state index contributed by atoms with van der Waals surface area (Å²) in [4.78, 5) is 20.7. The quantitative estimate of drug-likeness (QED) is 0.820. The topological polar surface area (TPSA) is 49.6 Å². The van der Waals surface area contributed by atoms with Crippen molar-refractivity contribution in [2.24, 2.45) is 0 Å². The van der Waals surface area contributed by atoms with Gasteiger partial charge in [0.2, 0.25) is 5.89 Å². The standard InChI is InChI=1S/C20H25F2N3O2/c1-20(2,3)17-12-23-18(27-17)13-24-7-4-8-25(10-9-24)19(26)15-6-5-14(21)11-16(15)22/h5-6,11-12H,4,7-10,13H2,1-3H3. The van der Waals surface area contributed by atoms with Gasteiger partial charge in [-0.3, -0.25) is 9.69 Å². The molecule has 5 nitrogen and oxygen atoms in total. The smallest absolute Gasteiger partial charge is 0.256 e. The highest BCUT2D eigenvalue weighted by molar-refractivity contribution is 5.94. The van der Waals surface area contributed by atoms with Crippen molar-refractivity contribution in [3.63, 3.8) is 0 Å². The van der Waals surface area contributed by atoms with Crippen LogP contribution in [0.4, 0.5) is 8.78 Å². The van der Waals surface area contributed by atoms with Crippen LogP contribution in [0.15, 0.2) is 28.8 Å². The van der Waals surface area contributed by atoms with Gasteiger partial charge in [-0.2, -0.15) is 0 Å². The summed E-state index contributed by atoms with van der Waals surface area (Å²) in [5.41, 5.74) is -0.181. The summed E-state index contributed by atoms with van der Waals surface area (Å²) in [5.74, 6) is -0.414. The van der Waals surface area contributed by atoms with Gasteiger partial charge in [-0.25, -0.2) is 13.8 Å². The second-order valence-corrected chi connectivity index (χ2v) is 7.91. The Labute approximate surface area is 158 Å². The van der Waals surface area contributed by atoms with Crippen molar-refractivity contribution in [2.75, 3.05) is 26.2 Å². The van der Waals surface area contributed by atoms with Gasteiger partial charge >= 0.3 is 0 Å². The Bertz CT molecular complexity index is 814. The number of hydrogen-bond donors (Lipinski definition) is 0. The van der Waals surface area contributed by atoms with Crippen molar-refractivity contribution in [2.45, 2.75) is 39.2 Å². The molecule has 3 rings (SSSR count). The lowest BCUT2D eigenvalue weighted by molar-refractivity contribution is 0.0756. The summed E-state index contributed by atoms with van der Waals surface area (Å²) in [6, 6.07) is 3.05. The first kappa shape index (κ1) is 19.5. The average molecular weight is 377 g/mol. The fourth-order valence-corrected chi connectivity index (χ4v) is 3.09. The van der Waals surface area contributed by atoms with Crippen LogP contribution in [0, 0.1) is 11.6 Å². The third-order valence-corrected chi connectivity index (χ3v) is 4.69. The number of rotatable bonds is 3. The number of benzene rings is 1. The summed E-state index contributed by atoms with van der Waals surface area (Å²) in [6.07, 6.45) is 2.53. The molecule has 1 saturated heterocycles. The molecule has 1 aliphatic rings. The van der Waals surface area contributed by atoms with E-state index in [0.29, 0.717) is 32.1 Å². The van der Waals surface area contributed by atoms with Gasteiger partial charge in [-0.15, -0.1) is 0 Å². The monoisotopic (exact) mass is 377 g/mol. The van der Waals surface area contributed by atoms with Crippen LogP contribution < -0.4 is 0 Å². The van der Waals surface area contributed by atoms with Crippen LogP contribution in [0.1, 0.15) is 49.2 Å². The van der Waals surface area contributed by atoms with Crippen molar-refractivity contribution in [3.8, 4) is 0 Å². The van der Waals surface area contributed by atoms with Gasteiger partial charge in [-0.05, 0) is 18.6 Å². The number of carbonyl (C=O) groups excluding carboxylic acids is 1. The Morgan fingerprint density at radius 2 is 1.96 bits per heavy atom. The van der Waals surface area contributed by atoms with Crippen molar-refractivity contribution < 1.29 is 18.0 Å². The molecule has 146 valence electrons. The minimum Gasteiger partial charge on any atom is -0.444 e. The number of hydrogen-bond acceptors (Lipinski definition) is 4. The molecule has 0 unspecified atom stereocenters. The summed E-state index contributed by atoms with van der Waals surface area (Å²) in [6.45, 7) is 9.23. The first-order chi connectivity index (χ1) is 12.7. The zero-order chi connectivity index (χ0) is 19.6. The SMILES string of the molecule is CC(C)(C)c1cnc(CN2CCCN(C(=O)c3ccc(F)cc3F)CC2)o1. The molecule has 27 heavy (non-hydrogen) atoms. The van der Waals surface area contributed by atoms with E-state index >= 15 is 0 Å². The number of oxazole rings is 1. The molecular weight excluding hydrogens is 352 g/mol. The molecule has 2 aromatic rings. The molecule has 7 heteroatoms. The Morgan fingerprint density at radius 3 is 2.63 bits per heavy atom. The molecule has 1 aliphatic heterocycles. The maximum atomic E-state index is 13.9. The van der Waals surface area contributed by atoms with Crippen LogP contribution in [-0.4, -0.2) is 46.9 Å². The summed E-state index contributed by atoms with van der Waals surface area (Å²) in [7, 11) is 0. The minimum atomic E-state index is -0.824. The second-order valence-electron chi connectivity index (χ2n) is 7.91. The zero-order valence-electron chi connectivity index (χ0n) is 16.0. The van der Waals surface area contributed by atoms with E-state index in [-0.39, 0.29) is 11.0 Å². The van der Waals surface area contributed by atoms with E-state index < -0.39 is 17.5 Å². The molecule has 2 heterocycles. The lowest BCUT2D eigenvalue weighted by atomic mass is 9.94. The summed E-state index contributed by atoms with van der Waals surface area (Å²) >= 11 is 0. The number of halogens is 2. The van der Waals surface area contributed by atoms with Gasteiger partial charge < -0.3 is 9.32 Å². The Hall–Kier alpha value is -2.28. The van der Waals surface area contributed by atoms with Gasteiger partial charge in [-0.1, -0.05) is 20.8 Å². The number of aromatic nitrogens is 1. The Morgan fingerprint density at radius 1 is 1.19 bits per heavy atom. The highest BCUT2D eigenvalue weighted by atomic mass is 19.1. The minimum absolute atomic E-state index is 0.0904. The van der Waals surface area contributed by atoms with Crippen LogP contribution in [0.3, 0.4) is 0 Å². The Balaban J connectivity index is 1.62. The molecule has 0 aliphatic carbocycles. The van der Waals surface area contributed by atoms with E-state index in [2.05, 4.69) is 30.7 Å². The first-order valence-electron chi connectivity index (χ1n) is 9.16. The highest BCUT2D eigenvalue weighted by Crippen LogP contribution is 2.23. The fraction of sp³-hybridized carbons (Fsp3) is 0.500. The van der Waals surface area contributed by atoms with E-state index in [0.717, 1.165) is 30.9 Å². The molecular formula is C20H25F2N3O2. The van der Waals surface area contributed by atoms with Gasteiger partial charge in [0.05, 0.1) is 18.3 Å². The van der Waals surface area contributed by atoms with Crippen LogP contribution in [0.25, 0.3) is 0 Å². The molecule has 0 spiro atoms. The number of carbonyl (C=O) groups is 1. The van der Waals surface area contributed by atoms with Crippen LogP contribution >= 0.6 is 0 Å². The van der Waals surface area contributed by atoms with Crippen molar-refractivity contribution in [1.29, 1.82) is 0 Å². The normalized spacial score (nSPS) is 16.4. The van der Waals surface area contributed by atoms with Gasteiger partial charge in [0.25, 0.3) is 5.91 Å². The molecule has 0 bridgehead atoms. The molecule has 0 atom stereocenters. The molecule has 1 fully saturated rings. The zero-order valence-corrected chi connectivity index (χ0v) is 16.0. The largest absolute Gasteiger partial charge is 0.444 e. The van der Waals surface area contributed by atoms with Crippen molar-refractivity contribution >= 4 is 5.91 Å². The third kappa shape index (κ3) is 4.71.